The monoisotopic (exact) mass is 402 g/mol. The molecule has 0 fully saturated rings. The van der Waals surface area contributed by atoms with E-state index in [9.17, 15) is 4.79 Å². The average molecular weight is 403 g/mol. The fourth-order valence-electron chi connectivity index (χ4n) is 3.91. The molecule has 0 spiro atoms. The molecule has 0 aliphatic rings. The normalized spacial score (nSPS) is 12.3. The molecule has 3 aromatic heterocycles. The summed E-state index contributed by atoms with van der Waals surface area (Å²) in [7, 11) is 1.88. The van der Waals surface area contributed by atoms with Crippen LogP contribution in [-0.4, -0.2) is 30.5 Å². The van der Waals surface area contributed by atoms with Crippen LogP contribution >= 0.6 is 0 Å². The number of benzene rings is 1. The Morgan fingerprint density at radius 1 is 1.07 bits per heavy atom. The van der Waals surface area contributed by atoms with Crippen molar-refractivity contribution in [2.24, 2.45) is 7.05 Å². The number of nitrogens with zero attached hydrogens (tertiary/aromatic N) is 5. The number of fused-ring (bicyclic) bond motifs is 1. The van der Waals surface area contributed by atoms with Gasteiger partial charge in [0.15, 0.2) is 5.65 Å². The number of nitrogens with one attached hydrogen (secondary N) is 1. The van der Waals surface area contributed by atoms with Gasteiger partial charge in [0.1, 0.15) is 6.54 Å². The van der Waals surface area contributed by atoms with E-state index in [1.165, 1.54) is 5.56 Å². The van der Waals surface area contributed by atoms with Crippen molar-refractivity contribution in [1.29, 1.82) is 0 Å². The number of carbonyl (C=O) groups is 1. The highest BCUT2D eigenvalue weighted by atomic mass is 16.2. The molecule has 1 atom stereocenters. The van der Waals surface area contributed by atoms with Gasteiger partial charge in [-0.15, -0.1) is 0 Å². The molecule has 0 saturated heterocycles. The van der Waals surface area contributed by atoms with Crippen molar-refractivity contribution in [2.75, 3.05) is 0 Å². The third kappa shape index (κ3) is 3.70. The molecule has 7 nitrogen and oxygen atoms in total. The minimum Gasteiger partial charge on any atom is -0.348 e. The molecular formula is C23H26N6O. The van der Waals surface area contributed by atoms with Crippen molar-refractivity contribution < 1.29 is 4.79 Å². The maximum Gasteiger partial charge on any atom is 0.242 e. The highest BCUT2D eigenvalue weighted by Crippen LogP contribution is 2.30. The fraction of sp³-hybridized carbons (Fsp3) is 0.304. The number of hydrogen-bond donors (Lipinski definition) is 1. The van der Waals surface area contributed by atoms with E-state index in [4.69, 9.17) is 0 Å². The minimum absolute atomic E-state index is 0.109. The van der Waals surface area contributed by atoms with Crippen LogP contribution in [0.1, 0.15) is 35.5 Å². The van der Waals surface area contributed by atoms with Gasteiger partial charge in [-0.05, 0) is 44.9 Å². The van der Waals surface area contributed by atoms with Crippen LogP contribution in [0, 0.1) is 20.8 Å². The standard InChI is InChI=1S/C23H26N6O/c1-14-6-8-18(9-7-14)19-10-11-24-23-22(19)17(4)27-29(23)13-21(30)25-15(2)20-12-28(5)26-16(20)3/h6-12,15H,13H2,1-5H3,(H,25,30). The second-order valence-electron chi connectivity index (χ2n) is 7.80. The number of amides is 1. The predicted molar refractivity (Wildman–Crippen MR) is 117 cm³/mol. The lowest BCUT2D eigenvalue weighted by Gasteiger charge is -2.13. The molecule has 30 heavy (non-hydrogen) atoms. The third-order valence-corrected chi connectivity index (χ3v) is 5.36. The molecule has 154 valence electrons. The van der Waals surface area contributed by atoms with Crippen LogP contribution in [0.2, 0.25) is 0 Å². The van der Waals surface area contributed by atoms with Gasteiger partial charge < -0.3 is 5.32 Å². The highest BCUT2D eigenvalue weighted by Gasteiger charge is 2.18. The van der Waals surface area contributed by atoms with Crippen LogP contribution in [0.3, 0.4) is 0 Å². The van der Waals surface area contributed by atoms with E-state index in [0.29, 0.717) is 5.65 Å². The zero-order chi connectivity index (χ0) is 21.4. The Labute approximate surface area is 175 Å². The van der Waals surface area contributed by atoms with E-state index in [-0.39, 0.29) is 18.5 Å². The van der Waals surface area contributed by atoms with E-state index in [0.717, 1.165) is 33.5 Å². The number of pyridine rings is 1. The lowest BCUT2D eigenvalue weighted by molar-refractivity contribution is -0.122. The second kappa shape index (κ2) is 7.74. The van der Waals surface area contributed by atoms with Gasteiger partial charge in [-0.2, -0.15) is 10.2 Å². The molecule has 1 amide bonds. The van der Waals surface area contributed by atoms with E-state index >= 15 is 0 Å². The first-order chi connectivity index (χ1) is 14.3. The second-order valence-corrected chi connectivity index (χ2v) is 7.80. The molecule has 0 radical (unpaired) electrons. The predicted octanol–water partition coefficient (Wildman–Crippen LogP) is 3.63. The summed E-state index contributed by atoms with van der Waals surface area (Å²) in [6.07, 6.45) is 3.71. The first-order valence-corrected chi connectivity index (χ1v) is 10.0. The van der Waals surface area contributed by atoms with Crippen LogP contribution in [-0.2, 0) is 18.4 Å². The smallest absolute Gasteiger partial charge is 0.242 e. The average Bonchev–Trinajstić information content (AvgIpc) is 3.21. The molecule has 1 unspecified atom stereocenters. The van der Waals surface area contributed by atoms with Crippen molar-refractivity contribution in [1.82, 2.24) is 29.9 Å². The quantitative estimate of drug-likeness (QED) is 0.553. The number of aromatic nitrogens is 5. The third-order valence-electron chi connectivity index (χ3n) is 5.36. The van der Waals surface area contributed by atoms with E-state index in [1.807, 2.05) is 40.1 Å². The van der Waals surface area contributed by atoms with Gasteiger partial charge >= 0.3 is 0 Å². The maximum absolute atomic E-state index is 12.7. The molecule has 7 heteroatoms. The maximum atomic E-state index is 12.7. The van der Waals surface area contributed by atoms with Gasteiger partial charge in [0, 0.05) is 30.4 Å². The van der Waals surface area contributed by atoms with Crippen molar-refractivity contribution in [3.05, 3.63) is 65.2 Å². The number of hydrogen-bond acceptors (Lipinski definition) is 4. The van der Waals surface area contributed by atoms with Gasteiger partial charge in [0.25, 0.3) is 0 Å². The Morgan fingerprint density at radius 2 is 1.80 bits per heavy atom. The highest BCUT2D eigenvalue weighted by molar-refractivity contribution is 5.95. The van der Waals surface area contributed by atoms with E-state index < -0.39 is 0 Å². The lowest BCUT2D eigenvalue weighted by Crippen LogP contribution is -2.30. The molecule has 0 aliphatic heterocycles. The topological polar surface area (TPSA) is 77.6 Å². The zero-order valence-electron chi connectivity index (χ0n) is 18.0. The van der Waals surface area contributed by atoms with Gasteiger partial charge in [0.2, 0.25) is 5.91 Å². The Bertz CT molecular complexity index is 1220. The Morgan fingerprint density at radius 3 is 2.47 bits per heavy atom. The van der Waals surface area contributed by atoms with Crippen LogP contribution in [0.5, 0.6) is 0 Å². The van der Waals surface area contributed by atoms with Crippen LogP contribution in [0.25, 0.3) is 22.2 Å². The van der Waals surface area contributed by atoms with Crippen LogP contribution < -0.4 is 5.32 Å². The summed E-state index contributed by atoms with van der Waals surface area (Å²) in [5.41, 5.74) is 6.89. The molecule has 0 bridgehead atoms. The van der Waals surface area contributed by atoms with Crippen molar-refractivity contribution in [3.8, 4) is 11.1 Å². The molecule has 4 rings (SSSR count). The first kappa shape index (κ1) is 19.8. The summed E-state index contributed by atoms with van der Waals surface area (Å²) in [6, 6.07) is 10.3. The zero-order valence-corrected chi connectivity index (χ0v) is 18.0. The van der Waals surface area contributed by atoms with Gasteiger partial charge in [-0.25, -0.2) is 9.67 Å². The summed E-state index contributed by atoms with van der Waals surface area (Å²) in [5.74, 6) is -0.113. The lowest BCUT2D eigenvalue weighted by atomic mass is 10.0. The number of carbonyl (C=O) groups excluding carboxylic acids is 1. The van der Waals surface area contributed by atoms with Crippen LogP contribution in [0.15, 0.2) is 42.7 Å². The molecule has 4 aromatic rings. The first-order valence-electron chi connectivity index (χ1n) is 10.0. The summed E-state index contributed by atoms with van der Waals surface area (Å²) in [6.45, 7) is 8.04. The van der Waals surface area contributed by atoms with Gasteiger partial charge in [-0.1, -0.05) is 29.8 Å². The molecule has 3 heterocycles. The molecule has 0 aliphatic carbocycles. The van der Waals surface area contributed by atoms with E-state index in [1.54, 1.807) is 15.6 Å². The van der Waals surface area contributed by atoms with E-state index in [2.05, 4.69) is 51.7 Å². The summed E-state index contributed by atoms with van der Waals surface area (Å²) in [5, 5.41) is 13.0. The van der Waals surface area contributed by atoms with Crippen molar-refractivity contribution >= 4 is 16.9 Å². The molecular weight excluding hydrogens is 376 g/mol. The Hall–Kier alpha value is -3.48. The summed E-state index contributed by atoms with van der Waals surface area (Å²) in [4.78, 5) is 17.3. The van der Waals surface area contributed by atoms with Crippen molar-refractivity contribution in [3.63, 3.8) is 0 Å². The molecule has 0 saturated carbocycles. The minimum atomic E-state index is -0.134. The molecule has 1 aromatic carbocycles. The Balaban J connectivity index is 1.60. The van der Waals surface area contributed by atoms with Crippen molar-refractivity contribution in [2.45, 2.75) is 40.3 Å². The number of rotatable bonds is 5. The molecule has 1 N–H and O–H groups in total. The van der Waals surface area contributed by atoms with Gasteiger partial charge in [-0.3, -0.25) is 9.48 Å². The van der Waals surface area contributed by atoms with Crippen LogP contribution in [0.4, 0.5) is 0 Å². The summed E-state index contributed by atoms with van der Waals surface area (Å²) >= 11 is 0. The van der Waals surface area contributed by atoms with Gasteiger partial charge in [0.05, 0.1) is 17.4 Å². The number of aryl methyl sites for hydroxylation is 4. The largest absolute Gasteiger partial charge is 0.348 e. The SMILES string of the molecule is Cc1ccc(-c2ccnc3c2c(C)nn3CC(=O)NC(C)c2cn(C)nc2C)cc1. The summed E-state index contributed by atoms with van der Waals surface area (Å²) < 4.78 is 3.44. The fourth-order valence-corrected chi connectivity index (χ4v) is 3.91. The Kier molecular flexibility index (Phi) is 5.11.